The number of aromatic nitrogens is 1. The largest absolute Gasteiger partial charge is 0.465 e. The molecule has 2 rings (SSSR count). The van der Waals surface area contributed by atoms with Crippen LogP contribution in [0.3, 0.4) is 0 Å². The first kappa shape index (κ1) is 14.3. The Balaban J connectivity index is 1.71. The summed E-state index contributed by atoms with van der Waals surface area (Å²) in [7, 11) is 3.56. The van der Waals surface area contributed by atoms with Gasteiger partial charge in [0.15, 0.2) is 5.13 Å². The van der Waals surface area contributed by atoms with Crippen molar-refractivity contribution in [2.75, 3.05) is 39.1 Å². The van der Waals surface area contributed by atoms with Crippen LogP contribution in [-0.4, -0.2) is 49.6 Å². The van der Waals surface area contributed by atoms with E-state index in [1.165, 1.54) is 50.8 Å². The number of hydrogen-bond donors (Lipinski definition) is 1. The third-order valence-corrected chi connectivity index (χ3v) is 4.49. The second kappa shape index (κ2) is 6.86. The van der Waals surface area contributed by atoms with Gasteiger partial charge in [0.05, 0.1) is 13.3 Å². The van der Waals surface area contributed by atoms with Crippen LogP contribution in [0.4, 0.5) is 5.13 Å². The normalized spacial score (nSPS) is 17.4. The molecule has 5 nitrogen and oxygen atoms in total. The maximum Gasteiger partial charge on any atom is 0.349 e. The van der Waals surface area contributed by atoms with Gasteiger partial charge in [-0.25, -0.2) is 9.78 Å². The van der Waals surface area contributed by atoms with Crippen molar-refractivity contribution in [1.82, 2.24) is 9.88 Å². The predicted molar refractivity (Wildman–Crippen MR) is 76.8 cm³/mol. The quantitative estimate of drug-likeness (QED) is 0.838. The molecule has 106 valence electrons. The van der Waals surface area contributed by atoms with Gasteiger partial charge in [0.1, 0.15) is 4.88 Å². The van der Waals surface area contributed by atoms with Crippen LogP contribution >= 0.6 is 11.3 Å². The van der Waals surface area contributed by atoms with Crippen LogP contribution in [0.25, 0.3) is 0 Å². The highest BCUT2D eigenvalue weighted by molar-refractivity contribution is 7.17. The average molecular weight is 283 g/mol. The van der Waals surface area contributed by atoms with Gasteiger partial charge in [0, 0.05) is 6.54 Å². The number of rotatable bonds is 5. The van der Waals surface area contributed by atoms with Crippen LogP contribution in [0.2, 0.25) is 0 Å². The van der Waals surface area contributed by atoms with Gasteiger partial charge in [-0.05, 0) is 45.3 Å². The molecule has 0 atom stereocenters. The van der Waals surface area contributed by atoms with E-state index < -0.39 is 0 Å². The minimum absolute atomic E-state index is 0.319. The van der Waals surface area contributed by atoms with E-state index >= 15 is 0 Å². The minimum atomic E-state index is -0.319. The zero-order valence-electron chi connectivity index (χ0n) is 11.5. The van der Waals surface area contributed by atoms with E-state index in [1.807, 2.05) is 0 Å². The Morgan fingerprint density at radius 3 is 3.00 bits per heavy atom. The molecule has 0 radical (unpaired) electrons. The molecular formula is C13H21N3O2S. The number of methoxy groups -OCH3 is 1. The zero-order chi connectivity index (χ0) is 13.7. The summed E-state index contributed by atoms with van der Waals surface area (Å²) in [5, 5.41) is 4.09. The van der Waals surface area contributed by atoms with E-state index in [1.54, 1.807) is 6.20 Å². The summed E-state index contributed by atoms with van der Waals surface area (Å²) in [5.41, 5.74) is 0. The van der Waals surface area contributed by atoms with Gasteiger partial charge in [-0.3, -0.25) is 0 Å². The number of anilines is 1. The second-order valence-corrected chi connectivity index (χ2v) is 6.01. The minimum Gasteiger partial charge on any atom is -0.465 e. The van der Waals surface area contributed by atoms with E-state index in [-0.39, 0.29) is 5.97 Å². The fraction of sp³-hybridized carbons (Fsp3) is 0.692. The number of hydrogen-bond acceptors (Lipinski definition) is 6. The van der Waals surface area contributed by atoms with E-state index in [0.717, 1.165) is 17.6 Å². The molecule has 0 amide bonds. The molecular weight excluding hydrogens is 262 g/mol. The lowest BCUT2D eigenvalue weighted by Crippen LogP contribution is -2.30. The number of thiazole rings is 1. The van der Waals surface area contributed by atoms with Crippen molar-refractivity contribution in [3.05, 3.63) is 11.1 Å². The van der Waals surface area contributed by atoms with Gasteiger partial charge < -0.3 is 15.0 Å². The Hall–Kier alpha value is -1.14. The summed E-state index contributed by atoms with van der Waals surface area (Å²) >= 11 is 1.35. The molecule has 1 fully saturated rings. The number of esters is 1. The number of carbonyl (C=O) groups is 1. The highest BCUT2D eigenvalue weighted by Gasteiger charge is 2.16. The maximum atomic E-state index is 11.3. The molecule has 2 heterocycles. The van der Waals surface area contributed by atoms with Crippen molar-refractivity contribution >= 4 is 22.4 Å². The van der Waals surface area contributed by atoms with Crippen molar-refractivity contribution < 1.29 is 9.53 Å². The number of likely N-dealkylation sites (tertiary alicyclic amines) is 1. The lowest BCUT2D eigenvalue weighted by Gasteiger charge is -2.28. The molecule has 0 aromatic carbocycles. The number of nitrogens with zero attached hydrogens (tertiary/aromatic N) is 2. The number of ether oxygens (including phenoxy) is 1. The molecule has 0 spiro atoms. The van der Waals surface area contributed by atoms with E-state index in [4.69, 9.17) is 0 Å². The molecule has 0 aliphatic carbocycles. The number of nitrogens with one attached hydrogen (secondary N) is 1. The molecule has 6 heteroatoms. The molecule has 1 saturated heterocycles. The van der Waals surface area contributed by atoms with Gasteiger partial charge in [-0.2, -0.15) is 0 Å². The molecule has 0 unspecified atom stereocenters. The van der Waals surface area contributed by atoms with Crippen LogP contribution < -0.4 is 5.32 Å². The van der Waals surface area contributed by atoms with Gasteiger partial charge in [-0.15, -0.1) is 0 Å². The lowest BCUT2D eigenvalue weighted by atomic mass is 9.94. The summed E-state index contributed by atoms with van der Waals surface area (Å²) in [4.78, 5) is 18.4. The van der Waals surface area contributed by atoms with Gasteiger partial charge in [0.25, 0.3) is 0 Å². The number of carbonyl (C=O) groups excluding carboxylic acids is 1. The Morgan fingerprint density at radius 2 is 2.32 bits per heavy atom. The standard InChI is InChI=1S/C13H21N3O2S/c1-16-7-4-10(5-8-16)3-6-14-13-15-9-11(19-13)12(17)18-2/h9-10H,3-8H2,1-2H3,(H,14,15). The summed E-state index contributed by atoms with van der Waals surface area (Å²) in [6.07, 6.45) is 5.29. The van der Waals surface area contributed by atoms with Gasteiger partial charge in [0.2, 0.25) is 0 Å². The summed E-state index contributed by atoms with van der Waals surface area (Å²) in [6, 6.07) is 0. The Labute approximate surface area is 118 Å². The first-order valence-corrected chi connectivity index (χ1v) is 7.47. The van der Waals surface area contributed by atoms with Crippen LogP contribution in [0.15, 0.2) is 6.20 Å². The maximum absolute atomic E-state index is 11.3. The highest BCUT2D eigenvalue weighted by atomic mass is 32.1. The molecule has 1 aromatic rings. The molecule has 1 aromatic heterocycles. The lowest BCUT2D eigenvalue weighted by molar-refractivity contribution is 0.0606. The third-order valence-electron chi connectivity index (χ3n) is 3.56. The van der Waals surface area contributed by atoms with Crippen molar-refractivity contribution in [3.63, 3.8) is 0 Å². The Bertz CT molecular complexity index is 414. The van der Waals surface area contributed by atoms with Crippen molar-refractivity contribution in [1.29, 1.82) is 0 Å². The fourth-order valence-corrected chi connectivity index (χ4v) is 3.04. The monoisotopic (exact) mass is 283 g/mol. The average Bonchev–Trinajstić information content (AvgIpc) is 2.89. The van der Waals surface area contributed by atoms with Crippen LogP contribution in [-0.2, 0) is 4.74 Å². The SMILES string of the molecule is COC(=O)c1cnc(NCCC2CCN(C)CC2)s1. The predicted octanol–water partition coefficient (Wildman–Crippen LogP) is 2.07. The topological polar surface area (TPSA) is 54.5 Å². The first-order valence-electron chi connectivity index (χ1n) is 6.65. The van der Waals surface area contributed by atoms with Crippen molar-refractivity contribution in [2.24, 2.45) is 5.92 Å². The Kier molecular flexibility index (Phi) is 5.15. The second-order valence-electron chi connectivity index (χ2n) is 4.98. The summed E-state index contributed by atoms with van der Waals surface area (Å²) in [6.45, 7) is 3.32. The van der Waals surface area contributed by atoms with E-state index in [2.05, 4.69) is 27.0 Å². The van der Waals surface area contributed by atoms with Gasteiger partial charge in [-0.1, -0.05) is 11.3 Å². The van der Waals surface area contributed by atoms with E-state index in [0.29, 0.717) is 4.88 Å². The summed E-state index contributed by atoms with van der Waals surface area (Å²) < 4.78 is 4.66. The highest BCUT2D eigenvalue weighted by Crippen LogP contribution is 2.21. The first-order chi connectivity index (χ1) is 9.19. The van der Waals surface area contributed by atoms with Crippen LogP contribution in [0.5, 0.6) is 0 Å². The summed E-state index contributed by atoms with van der Waals surface area (Å²) in [5.74, 6) is 0.490. The third kappa shape index (κ3) is 4.18. The number of piperidine rings is 1. The van der Waals surface area contributed by atoms with Crippen molar-refractivity contribution in [3.8, 4) is 0 Å². The smallest absolute Gasteiger partial charge is 0.349 e. The molecule has 1 N–H and O–H groups in total. The van der Waals surface area contributed by atoms with Gasteiger partial charge >= 0.3 is 5.97 Å². The zero-order valence-corrected chi connectivity index (χ0v) is 12.3. The molecule has 0 saturated carbocycles. The molecule has 1 aliphatic heterocycles. The van der Waals surface area contributed by atoms with Crippen LogP contribution in [0.1, 0.15) is 28.9 Å². The Morgan fingerprint density at radius 1 is 1.58 bits per heavy atom. The van der Waals surface area contributed by atoms with E-state index in [9.17, 15) is 4.79 Å². The van der Waals surface area contributed by atoms with Crippen molar-refractivity contribution in [2.45, 2.75) is 19.3 Å². The molecule has 19 heavy (non-hydrogen) atoms. The van der Waals surface area contributed by atoms with Crippen LogP contribution in [0, 0.1) is 5.92 Å². The fourth-order valence-electron chi connectivity index (χ4n) is 2.28. The molecule has 1 aliphatic rings. The molecule has 0 bridgehead atoms.